The standard InChI is InChI=1S/C21H26FN3O3/c1-4-28-20(27)21(13-16-6-8-17(22)9-7-16)10-5-11-25(14-21)19(26)18-12-15(2)24(3)23-18/h6-9,12H,4-5,10-11,13-14H2,1-3H3/t21-/m1/s1. The summed E-state index contributed by atoms with van der Waals surface area (Å²) in [6, 6.07) is 7.88. The van der Waals surface area contributed by atoms with Gasteiger partial charge in [-0.2, -0.15) is 5.10 Å². The average Bonchev–Trinajstić information content (AvgIpc) is 3.02. The van der Waals surface area contributed by atoms with Crippen molar-refractivity contribution in [1.82, 2.24) is 14.7 Å². The van der Waals surface area contributed by atoms with Crippen molar-refractivity contribution >= 4 is 11.9 Å². The Morgan fingerprint density at radius 1 is 1.29 bits per heavy atom. The second kappa shape index (κ2) is 8.12. The van der Waals surface area contributed by atoms with E-state index in [2.05, 4.69) is 5.10 Å². The minimum atomic E-state index is -0.842. The largest absolute Gasteiger partial charge is 0.466 e. The van der Waals surface area contributed by atoms with Gasteiger partial charge in [-0.15, -0.1) is 0 Å². The maximum absolute atomic E-state index is 13.3. The summed E-state index contributed by atoms with van der Waals surface area (Å²) in [4.78, 5) is 27.6. The molecule has 0 bridgehead atoms. The minimum absolute atomic E-state index is 0.184. The van der Waals surface area contributed by atoms with Crippen molar-refractivity contribution in [3.63, 3.8) is 0 Å². The number of halogens is 1. The van der Waals surface area contributed by atoms with Crippen molar-refractivity contribution in [2.75, 3.05) is 19.7 Å². The molecule has 1 aliphatic rings. The van der Waals surface area contributed by atoms with Crippen molar-refractivity contribution in [3.05, 3.63) is 53.1 Å². The Morgan fingerprint density at radius 3 is 2.61 bits per heavy atom. The molecule has 1 saturated heterocycles. The maximum Gasteiger partial charge on any atom is 0.314 e. The van der Waals surface area contributed by atoms with Gasteiger partial charge in [0.2, 0.25) is 0 Å². The fourth-order valence-electron chi connectivity index (χ4n) is 3.79. The maximum atomic E-state index is 13.3. The lowest BCUT2D eigenvalue weighted by Crippen LogP contribution is -2.51. The molecule has 3 rings (SSSR count). The van der Waals surface area contributed by atoms with E-state index in [0.717, 1.165) is 11.3 Å². The molecular formula is C21H26FN3O3. The van der Waals surface area contributed by atoms with E-state index in [-0.39, 0.29) is 30.8 Å². The monoisotopic (exact) mass is 387 g/mol. The van der Waals surface area contributed by atoms with E-state index in [4.69, 9.17) is 4.74 Å². The molecule has 1 fully saturated rings. The van der Waals surface area contributed by atoms with Gasteiger partial charge in [0.15, 0.2) is 5.69 Å². The zero-order valence-electron chi connectivity index (χ0n) is 16.6. The molecule has 1 atom stereocenters. The molecular weight excluding hydrogens is 361 g/mol. The summed E-state index contributed by atoms with van der Waals surface area (Å²) in [5.41, 5.74) is 1.27. The number of aryl methyl sites for hydroxylation is 2. The lowest BCUT2D eigenvalue weighted by atomic mass is 9.75. The molecule has 0 unspecified atom stereocenters. The highest BCUT2D eigenvalue weighted by Crippen LogP contribution is 2.36. The Labute approximate surface area is 164 Å². The third kappa shape index (κ3) is 4.08. The smallest absolute Gasteiger partial charge is 0.314 e. The highest BCUT2D eigenvalue weighted by atomic mass is 19.1. The van der Waals surface area contributed by atoms with E-state index < -0.39 is 5.41 Å². The minimum Gasteiger partial charge on any atom is -0.466 e. The number of likely N-dealkylation sites (tertiary alicyclic amines) is 1. The number of piperidine rings is 1. The number of aromatic nitrogens is 2. The van der Waals surface area contributed by atoms with Crippen LogP contribution in [0, 0.1) is 18.2 Å². The van der Waals surface area contributed by atoms with E-state index in [1.807, 2.05) is 6.92 Å². The molecule has 150 valence electrons. The molecule has 0 aliphatic carbocycles. The molecule has 2 heterocycles. The van der Waals surface area contributed by atoms with E-state index in [0.29, 0.717) is 31.5 Å². The predicted molar refractivity (Wildman–Crippen MR) is 102 cm³/mol. The lowest BCUT2D eigenvalue weighted by molar-refractivity contribution is -0.158. The van der Waals surface area contributed by atoms with Gasteiger partial charge in [-0.1, -0.05) is 12.1 Å². The van der Waals surface area contributed by atoms with E-state index >= 15 is 0 Å². The molecule has 7 heteroatoms. The first kappa shape index (κ1) is 20.0. The van der Waals surface area contributed by atoms with Gasteiger partial charge in [0.05, 0.1) is 12.0 Å². The van der Waals surface area contributed by atoms with Gasteiger partial charge in [0.25, 0.3) is 5.91 Å². The van der Waals surface area contributed by atoms with E-state index in [9.17, 15) is 14.0 Å². The summed E-state index contributed by atoms with van der Waals surface area (Å²) < 4.78 is 20.3. The number of ether oxygens (including phenoxy) is 1. The number of esters is 1. The number of rotatable bonds is 5. The molecule has 6 nitrogen and oxygen atoms in total. The van der Waals surface area contributed by atoms with Crippen molar-refractivity contribution in [1.29, 1.82) is 0 Å². The molecule has 1 aliphatic heterocycles. The van der Waals surface area contributed by atoms with Gasteiger partial charge in [0.1, 0.15) is 5.82 Å². The normalized spacial score (nSPS) is 19.5. The highest BCUT2D eigenvalue weighted by Gasteiger charge is 2.45. The average molecular weight is 387 g/mol. The van der Waals surface area contributed by atoms with Crippen molar-refractivity contribution in [2.45, 2.75) is 33.1 Å². The molecule has 1 aromatic heterocycles. The molecule has 0 saturated carbocycles. The first-order valence-corrected chi connectivity index (χ1v) is 9.56. The van der Waals surface area contributed by atoms with Crippen LogP contribution in [0.3, 0.4) is 0 Å². The van der Waals surface area contributed by atoms with Crippen LogP contribution < -0.4 is 0 Å². The van der Waals surface area contributed by atoms with E-state index in [1.54, 1.807) is 41.8 Å². The van der Waals surface area contributed by atoms with Crippen LogP contribution in [0.25, 0.3) is 0 Å². The van der Waals surface area contributed by atoms with Crippen LogP contribution in [-0.4, -0.2) is 46.3 Å². The number of carbonyl (C=O) groups is 2. The topological polar surface area (TPSA) is 64.4 Å². The van der Waals surface area contributed by atoms with Gasteiger partial charge in [-0.25, -0.2) is 4.39 Å². The fraction of sp³-hybridized carbons (Fsp3) is 0.476. The Kier molecular flexibility index (Phi) is 5.82. The van der Waals surface area contributed by atoms with Gasteiger partial charge in [-0.3, -0.25) is 14.3 Å². The summed E-state index contributed by atoms with van der Waals surface area (Å²) in [5, 5.41) is 4.28. The zero-order valence-corrected chi connectivity index (χ0v) is 16.6. The summed E-state index contributed by atoms with van der Waals surface area (Å²) in [5.74, 6) is -0.815. The van der Waals surface area contributed by atoms with Gasteiger partial charge in [0, 0.05) is 25.8 Å². The number of hydrogen-bond donors (Lipinski definition) is 0. The first-order valence-electron chi connectivity index (χ1n) is 9.56. The number of benzene rings is 1. The summed E-state index contributed by atoms with van der Waals surface area (Å²) in [7, 11) is 1.79. The SMILES string of the molecule is CCOC(=O)[C@@]1(Cc2ccc(F)cc2)CCCN(C(=O)c2cc(C)n(C)n2)C1. The quantitative estimate of drug-likeness (QED) is 0.740. The van der Waals surface area contributed by atoms with Crippen LogP contribution in [0.15, 0.2) is 30.3 Å². The molecule has 0 N–H and O–H groups in total. The molecule has 0 spiro atoms. The van der Waals surface area contributed by atoms with Crippen LogP contribution in [0.4, 0.5) is 4.39 Å². The summed E-state index contributed by atoms with van der Waals surface area (Å²) in [6.07, 6.45) is 1.71. The number of hydrogen-bond acceptors (Lipinski definition) is 4. The van der Waals surface area contributed by atoms with Gasteiger partial charge < -0.3 is 9.64 Å². The van der Waals surface area contributed by atoms with Crippen LogP contribution in [0.1, 0.15) is 41.5 Å². The molecule has 2 aromatic rings. The predicted octanol–water partition coefficient (Wildman–Crippen LogP) is 2.90. The Bertz CT molecular complexity index is 843. The molecule has 28 heavy (non-hydrogen) atoms. The number of nitrogens with zero attached hydrogens (tertiary/aromatic N) is 3. The fourth-order valence-corrected chi connectivity index (χ4v) is 3.79. The third-order valence-electron chi connectivity index (χ3n) is 5.36. The molecule has 1 amide bonds. The van der Waals surface area contributed by atoms with Crippen LogP contribution in [0.2, 0.25) is 0 Å². The number of carbonyl (C=O) groups excluding carboxylic acids is 2. The van der Waals surface area contributed by atoms with Crippen molar-refractivity contribution in [3.8, 4) is 0 Å². The third-order valence-corrected chi connectivity index (χ3v) is 5.36. The second-order valence-corrected chi connectivity index (χ2v) is 7.43. The number of amides is 1. The Hall–Kier alpha value is -2.70. The van der Waals surface area contributed by atoms with E-state index in [1.165, 1.54) is 12.1 Å². The molecule has 0 radical (unpaired) electrons. The van der Waals surface area contributed by atoms with Crippen LogP contribution >= 0.6 is 0 Å². The lowest BCUT2D eigenvalue weighted by Gasteiger charge is -2.40. The first-order chi connectivity index (χ1) is 13.3. The molecule has 1 aromatic carbocycles. The Morgan fingerprint density at radius 2 is 2.00 bits per heavy atom. The zero-order chi connectivity index (χ0) is 20.3. The van der Waals surface area contributed by atoms with Crippen molar-refractivity contribution < 1.29 is 18.7 Å². The second-order valence-electron chi connectivity index (χ2n) is 7.43. The van der Waals surface area contributed by atoms with Crippen LogP contribution in [0.5, 0.6) is 0 Å². The van der Waals surface area contributed by atoms with Gasteiger partial charge >= 0.3 is 5.97 Å². The Balaban J connectivity index is 1.87. The highest BCUT2D eigenvalue weighted by molar-refractivity contribution is 5.93. The van der Waals surface area contributed by atoms with Crippen LogP contribution in [-0.2, 0) is 23.0 Å². The summed E-state index contributed by atoms with van der Waals surface area (Å²) >= 11 is 0. The summed E-state index contributed by atoms with van der Waals surface area (Å²) in [6.45, 7) is 4.76. The van der Waals surface area contributed by atoms with Gasteiger partial charge in [-0.05, 0) is 56.9 Å². The van der Waals surface area contributed by atoms with Crippen molar-refractivity contribution in [2.24, 2.45) is 12.5 Å².